The molecule has 1 aliphatic rings. The number of benzene rings is 2. The molecule has 1 fully saturated rings. The van der Waals surface area contributed by atoms with Gasteiger partial charge in [-0.2, -0.15) is 10.4 Å². The van der Waals surface area contributed by atoms with Crippen molar-refractivity contribution in [2.45, 2.75) is 44.8 Å². The van der Waals surface area contributed by atoms with Gasteiger partial charge in [-0.3, -0.25) is 5.10 Å². The Kier molecular flexibility index (Phi) is 8.31. The van der Waals surface area contributed by atoms with Gasteiger partial charge in [0.15, 0.2) is 0 Å². The van der Waals surface area contributed by atoms with Crippen molar-refractivity contribution < 1.29 is 14.0 Å². The third-order valence-electron chi connectivity index (χ3n) is 6.62. The number of nitriles is 1. The fraction of sp³-hybridized carbons (Fsp3) is 0.393. The molecule has 0 spiro atoms. The molecule has 9 heteroatoms. The van der Waals surface area contributed by atoms with Crippen molar-refractivity contribution in [3.63, 3.8) is 0 Å². The zero-order valence-corrected chi connectivity index (χ0v) is 20.8. The van der Waals surface area contributed by atoms with Crippen LogP contribution < -0.4 is 15.4 Å². The van der Waals surface area contributed by atoms with Crippen molar-refractivity contribution in [3.05, 3.63) is 60.1 Å². The second-order valence-corrected chi connectivity index (χ2v) is 9.30. The second-order valence-electron chi connectivity index (χ2n) is 9.30. The van der Waals surface area contributed by atoms with Crippen molar-refractivity contribution in [3.8, 4) is 22.9 Å². The van der Waals surface area contributed by atoms with Crippen molar-refractivity contribution >= 4 is 16.6 Å². The lowest BCUT2D eigenvalue weighted by atomic mass is 9.96. The Hall–Kier alpha value is -3.87. The number of anilines is 1. The molecular formula is C28H32N6O3. The molecular weight excluding hydrogens is 468 g/mol. The molecule has 0 bridgehead atoms. The van der Waals surface area contributed by atoms with Crippen LogP contribution in [0.4, 0.5) is 5.69 Å². The molecule has 1 aliphatic carbocycles. The fourth-order valence-electron chi connectivity index (χ4n) is 4.30. The van der Waals surface area contributed by atoms with Crippen LogP contribution in [0.2, 0.25) is 0 Å². The number of hydrogen-bond donors (Lipinski definition) is 3. The first-order valence-electron chi connectivity index (χ1n) is 12.9. The zero-order chi connectivity index (χ0) is 25.3. The fourth-order valence-corrected chi connectivity index (χ4v) is 4.30. The third kappa shape index (κ3) is 6.47. The van der Waals surface area contributed by atoms with E-state index < -0.39 is 0 Å². The highest BCUT2D eigenvalue weighted by Crippen LogP contribution is 2.30. The van der Waals surface area contributed by atoms with Gasteiger partial charge in [-0.1, -0.05) is 11.2 Å². The van der Waals surface area contributed by atoms with E-state index in [-0.39, 0.29) is 6.10 Å². The van der Waals surface area contributed by atoms with E-state index >= 15 is 0 Å². The lowest BCUT2D eigenvalue weighted by molar-refractivity contribution is 0.120. The molecule has 5 rings (SSSR count). The molecule has 4 aromatic rings. The van der Waals surface area contributed by atoms with Crippen LogP contribution in [0.5, 0.6) is 5.75 Å². The van der Waals surface area contributed by atoms with Gasteiger partial charge < -0.3 is 24.6 Å². The summed E-state index contributed by atoms with van der Waals surface area (Å²) in [5.41, 5.74) is 5.60. The Morgan fingerprint density at radius 2 is 2.03 bits per heavy atom. The topological polar surface area (TPSA) is 121 Å². The minimum absolute atomic E-state index is 0.276. The Morgan fingerprint density at radius 3 is 2.84 bits per heavy atom. The second kappa shape index (κ2) is 12.4. The largest absolute Gasteiger partial charge is 0.489 e. The highest BCUT2D eigenvalue weighted by Gasteiger charge is 2.20. The van der Waals surface area contributed by atoms with Crippen molar-refractivity contribution in [1.29, 1.82) is 5.26 Å². The Balaban J connectivity index is 0.965. The number of H-pyrrole nitrogens is 1. The van der Waals surface area contributed by atoms with Gasteiger partial charge in [-0.05, 0) is 74.0 Å². The third-order valence-corrected chi connectivity index (χ3v) is 6.62. The van der Waals surface area contributed by atoms with E-state index in [4.69, 9.17) is 14.0 Å². The number of nitrogens with zero attached hydrogens (tertiary/aromatic N) is 3. The van der Waals surface area contributed by atoms with Gasteiger partial charge in [0.1, 0.15) is 18.1 Å². The number of fused-ring (bicyclic) bond motifs is 1. The number of nitrogens with one attached hydrogen (secondary N) is 3. The number of aromatic nitrogens is 3. The molecule has 0 atom stereocenters. The average Bonchev–Trinajstić information content (AvgIpc) is 3.60. The maximum Gasteiger partial charge on any atom is 0.137 e. The molecule has 0 unspecified atom stereocenters. The standard InChI is InChI=1S/C28H32N6O3/c29-15-22-12-20(6-7-28(22)37-24-4-3-5-24)16-30-8-1-2-10-35-11-9-31-26-13-21(23-17-33-36-19-23)14-27-25(26)18-32-34-27/h6-7,12-14,17-19,24,30-31H,1-5,8-11,16H2,(H,32,34). The first-order chi connectivity index (χ1) is 18.3. The molecule has 0 aliphatic heterocycles. The molecule has 2 aromatic carbocycles. The van der Waals surface area contributed by atoms with E-state index in [1.165, 1.54) is 6.42 Å². The van der Waals surface area contributed by atoms with Crippen LogP contribution >= 0.6 is 0 Å². The predicted octanol–water partition coefficient (Wildman–Crippen LogP) is 5.02. The van der Waals surface area contributed by atoms with Gasteiger partial charge in [-0.15, -0.1) is 0 Å². The monoisotopic (exact) mass is 500 g/mol. The van der Waals surface area contributed by atoms with Crippen molar-refractivity contribution in [1.82, 2.24) is 20.7 Å². The summed E-state index contributed by atoms with van der Waals surface area (Å²) in [5, 5.41) is 28.4. The lowest BCUT2D eigenvalue weighted by Crippen LogP contribution is -2.25. The summed E-state index contributed by atoms with van der Waals surface area (Å²) < 4.78 is 16.7. The summed E-state index contributed by atoms with van der Waals surface area (Å²) in [6.45, 7) is 3.68. The number of hydrogen-bond acceptors (Lipinski definition) is 8. The molecule has 0 saturated heterocycles. The Morgan fingerprint density at radius 1 is 1.08 bits per heavy atom. The number of unbranched alkanes of at least 4 members (excludes halogenated alkanes) is 1. The highest BCUT2D eigenvalue weighted by atomic mass is 16.5. The lowest BCUT2D eigenvalue weighted by Gasteiger charge is -2.26. The molecule has 9 nitrogen and oxygen atoms in total. The molecule has 37 heavy (non-hydrogen) atoms. The van der Waals surface area contributed by atoms with Crippen LogP contribution in [0.1, 0.15) is 43.2 Å². The van der Waals surface area contributed by atoms with Crippen LogP contribution in [0.25, 0.3) is 22.0 Å². The predicted molar refractivity (Wildman–Crippen MR) is 141 cm³/mol. The van der Waals surface area contributed by atoms with Gasteiger partial charge >= 0.3 is 0 Å². The maximum atomic E-state index is 9.45. The van der Waals surface area contributed by atoms with Crippen LogP contribution in [-0.2, 0) is 11.3 Å². The minimum Gasteiger partial charge on any atom is -0.489 e. The molecule has 0 amide bonds. The van der Waals surface area contributed by atoms with Crippen LogP contribution in [0.15, 0.2) is 53.5 Å². The average molecular weight is 501 g/mol. The quantitative estimate of drug-likeness (QED) is 0.206. The summed E-state index contributed by atoms with van der Waals surface area (Å²) in [4.78, 5) is 0. The summed E-state index contributed by atoms with van der Waals surface area (Å²) in [5.74, 6) is 0.708. The first-order valence-corrected chi connectivity index (χ1v) is 12.9. The summed E-state index contributed by atoms with van der Waals surface area (Å²) in [7, 11) is 0. The summed E-state index contributed by atoms with van der Waals surface area (Å²) in [6, 6.07) is 12.3. The van der Waals surface area contributed by atoms with E-state index in [9.17, 15) is 5.26 Å². The number of rotatable bonds is 14. The van der Waals surface area contributed by atoms with Crippen molar-refractivity contribution in [2.75, 3.05) is 31.6 Å². The van der Waals surface area contributed by atoms with E-state index in [0.717, 1.165) is 78.7 Å². The molecule has 0 radical (unpaired) electrons. The van der Waals surface area contributed by atoms with Gasteiger partial charge in [-0.25, -0.2) is 0 Å². The zero-order valence-electron chi connectivity index (χ0n) is 20.8. The molecule has 2 aromatic heterocycles. The normalized spacial score (nSPS) is 13.4. The molecule has 192 valence electrons. The highest BCUT2D eigenvalue weighted by molar-refractivity contribution is 5.95. The summed E-state index contributed by atoms with van der Waals surface area (Å²) >= 11 is 0. The molecule has 3 N–H and O–H groups in total. The minimum atomic E-state index is 0.276. The molecule has 1 saturated carbocycles. The smallest absolute Gasteiger partial charge is 0.137 e. The van der Waals surface area contributed by atoms with Gasteiger partial charge in [0, 0.05) is 36.3 Å². The van der Waals surface area contributed by atoms with E-state index in [1.54, 1.807) is 12.5 Å². The summed E-state index contributed by atoms with van der Waals surface area (Å²) in [6.07, 6.45) is 10.8. The Labute approximate surface area is 216 Å². The van der Waals surface area contributed by atoms with E-state index in [1.807, 2.05) is 30.5 Å². The van der Waals surface area contributed by atoms with Gasteiger partial charge in [0.05, 0.1) is 36.2 Å². The number of aromatic amines is 1. The van der Waals surface area contributed by atoms with E-state index in [0.29, 0.717) is 24.5 Å². The first kappa shape index (κ1) is 24.8. The maximum absolute atomic E-state index is 9.45. The van der Waals surface area contributed by atoms with Gasteiger partial charge in [0.25, 0.3) is 0 Å². The Bertz CT molecular complexity index is 1320. The SMILES string of the molecule is N#Cc1cc(CNCCCCOCCNc2cc(-c3cnoc3)cc3[nH]ncc23)ccc1OC1CCC1. The van der Waals surface area contributed by atoms with Crippen molar-refractivity contribution in [2.24, 2.45) is 0 Å². The van der Waals surface area contributed by atoms with Crippen LogP contribution in [0, 0.1) is 11.3 Å². The van der Waals surface area contributed by atoms with Crippen LogP contribution in [-0.4, -0.2) is 47.8 Å². The molecule has 2 heterocycles. The van der Waals surface area contributed by atoms with Gasteiger partial charge in [0.2, 0.25) is 0 Å². The van der Waals surface area contributed by atoms with Crippen LogP contribution in [0.3, 0.4) is 0 Å². The van der Waals surface area contributed by atoms with E-state index in [2.05, 4.69) is 38.1 Å². The number of ether oxygens (including phenoxy) is 2.